The van der Waals surface area contributed by atoms with E-state index in [0.717, 1.165) is 0 Å². The number of rotatable bonds is 0. The summed E-state index contributed by atoms with van der Waals surface area (Å²) >= 11 is 0. The van der Waals surface area contributed by atoms with E-state index < -0.39 is 0 Å². The first-order valence-corrected chi connectivity index (χ1v) is 0. The van der Waals surface area contributed by atoms with Gasteiger partial charge in [-0.15, -0.1) is 0 Å². The van der Waals surface area contributed by atoms with Gasteiger partial charge in [0.25, 0.3) is 0 Å². The minimum absolute atomic E-state index is 0. The Kier molecular flexibility index (Phi) is 19900. The number of hydrogen-bond donors (Lipinski definition) is 0. The van der Waals surface area contributed by atoms with Gasteiger partial charge in [0.05, 0.1) is 0 Å². The van der Waals surface area contributed by atoms with Crippen LogP contribution >= 0.6 is 0 Å². The molecule has 0 aromatic heterocycles. The van der Waals surface area contributed by atoms with Crippen LogP contribution in [0.4, 0.5) is 0 Å². The van der Waals surface area contributed by atoms with Crippen molar-refractivity contribution in [1.82, 2.24) is 0 Å². The summed E-state index contributed by atoms with van der Waals surface area (Å²) in [4.78, 5) is 0. The Morgan fingerprint density at radius 1 is 0.150 bits per heavy atom. The van der Waals surface area contributed by atoms with Crippen molar-refractivity contribution >= 4 is 157 Å². The van der Waals surface area contributed by atoms with Gasteiger partial charge in [-0.25, -0.2) is 0 Å². The quantitative estimate of drug-likeness (QED) is 0.210. The van der Waals surface area contributed by atoms with Crippen molar-refractivity contribution in [2.75, 3.05) is 0 Å². The summed E-state index contributed by atoms with van der Waals surface area (Å²) in [6, 6.07) is 0. The molecule has 0 heterocycles. The molecule has 0 N–H and O–H groups in total. The Labute approximate surface area is 219 Å². The van der Waals surface area contributed by atoms with Crippen molar-refractivity contribution in [1.29, 1.82) is 0 Å². The molecule has 0 saturated carbocycles. The first kappa shape index (κ1) is 672. The van der Waals surface area contributed by atoms with Crippen molar-refractivity contribution in [2.45, 2.75) is 0 Å². The molecule has 0 spiro atoms. The van der Waals surface area contributed by atoms with Crippen LogP contribution in [-0.4, -0.2) is 157 Å². The second-order valence-corrected chi connectivity index (χ2v) is 0. The fraction of sp³-hybridized carbons (Fsp3) is 0. The van der Waals surface area contributed by atoms with E-state index >= 15 is 0 Å². The molecule has 12 nitrogen and oxygen atoms in total. The minimum atomic E-state index is 0. The van der Waals surface area contributed by atoms with Gasteiger partial charge in [0.2, 0.25) is 0 Å². The van der Waals surface area contributed by atoms with Crippen molar-refractivity contribution in [3.05, 3.63) is 0 Å². The molecule has 0 aliphatic carbocycles. The average Bonchev–Trinajstić information content (AvgIpc) is 0. The van der Waals surface area contributed by atoms with Crippen LogP contribution in [-0.2, 0) is 65.7 Å². The second-order valence-electron chi connectivity index (χ2n) is 0. The van der Waals surface area contributed by atoms with Crippen LogP contribution < -0.4 is 0 Å². The first-order chi connectivity index (χ1) is 0. The molecule has 0 fully saturated rings. The van der Waals surface area contributed by atoms with E-state index in [-0.39, 0.29) is 222 Å². The van der Waals surface area contributed by atoms with Gasteiger partial charge in [-0.05, 0) is 0 Å². The van der Waals surface area contributed by atoms with Gasteiger partial charge >= 0.3 is 157 Å². The van der Waals surface area contributed by atoms with Crippen LogP contribution in [0.3, 0.4) is 0 Å². The summed E-state index contributed by atoms with van der Waals surface area (Å²) in [5, 5.41) is 0. The molecule has 20 heteroatoms. The van der Waals surface area contributed by atoms with Gasteiger partial charge in [-0.1, -0.05) is 0 Å². The Morgan fingerprint density at radius 2 is 0.150 bits per heavy atom. The predicted molar refractivity (Wildman–Crippen MR) is 54.3 cm³/mol. The zero-order valence-corrected chi connectivity index (χ0v) is 23.1. The van der Waals surface area contributed by atoms with Crippen molar-refractivity contribution in [3.8, 4) is 0 Å². The first-order valence-electron chi connectivity index (χ1n) is 0. The van der Waals surface area contributed by atoms with Crippen LogP contribution in [0, 0.1) is 0 Å². The fourth-order valence-electron chi connectivity index (χ4n) is 0. The third-order valence-corrected chi connectivity index (χ3v) is 0. The molecule has 0 bridgehead atoms. The van der Waals surface area contributed by atoms with E-state index in [0.29, 0.717) is 0 Å². The van der Waals surface area contributed by atoms with Crippen LogP contribution in [0.5, 0.6) is 0 Å². The molecular formula is Al6Bi2O12. The summed E-state index contributed by atoms with van der Waals surface area (Å²) in [6.45, 7) is 0. The Bertz CT molecular complexity index is 25.9. The van der Waals surface area contributed by atoms with E-state index in [1.807, 2.05) is 0 Å². The monoisotopic (exact) mass is 772 g/mol. The van der Waals surface area contributed by atoms with Crippen molar-refractivity contribution in [3.63, 3.8) is 0 Å². The molecule has 20 heavy (non-hydrogen) atoms. The summed E-state index contributed by atoms with van der Waals surface area (Å²) in [7, 11) is 0. The predicted octanol–water partition coefficient (Wildman–Crippen LogP) is -4.47. The molecule has 100 valence electrons. The summed E-state index contributed by atoms with van der Waals surface area (Å²) < 4.78 is 0. The largest absolute Gasteiger partial charge is 3.00 e. The Hall–Kier alpha value is 4.48. The normalized spacial score (nSPS) is 0. The van der Waals surface area contributed by atoms with Crippen LogP contribution in [0.25, 0.3) is 0 Å². The van der Waals surface area contributed by atoms with Gasteiger partial charge in [-0.3, -0.25) is 0 Å². The molecule has 0 aliphatic rings. The van der Waals surface area contributed by atoms with Gasteiger partial charge in [0.15, 0.2) is 0 Å². The summed E-state index contributed by atoms with van der Waals surface area (Å²) in [6.07, 6.45) is 0. The van der Waals surface area contributed by atoms with Gasteiger partial charge in [0, 0.05) is 0 Å². The van der Waals surface area contributed by atoms with Crippen molar-refractivity contribution < 1.29 is 65.7 Å². The average molecular weight is 772 g/mol. The smallest absolute Gasteiger partial charge is 2.00 e. The second kappa shape index (κ2) is 591. The fourth-order valence-corrected chi connectivity index (χ4v) is 0. The molecule has 0 unspecified atom stereocenters. The summed E-state index contributed by atoms with van der Waals surface area (Å²) in [5.74, 6) is 0. The molecule has 4 radical (unpaired) electrons. The third-order valence-electron chi connectivity index (χ3n) is 0. The van der Waals surface area contributed by atoms with Crippen molar-refractivity contribution in [2.24, 2.45) is 0 Å². The molecular weight excluding hydrogens is 772 g/mol. The molecule has 0 saturated heterocycles. The van der Waals surface area contributed by atoms with Gasteiger partial charge < -0.3 is 65.7 Å². The zero-order chi connectivity index (χ0) is 0. The standard InChI is InChI=1S/6Al.2Bi.12O/q8*+3;12*-2. The zero-order valence-electron chi connectivity index (χ0n) is 9.26. The molecule has 0 atom stereocenters. The SMILES string of the molecule is [Al+3].[Al+3].[Al+3].[Al+3].[Al+3].[Al+3].[Bi+3].[Bi+3].[O-2].[O-2].[O-2].[O-2].[O-2].[O-2].[O-2].[O-2].[O-2].[O-2].[O-2].[O-2]. The Balaban J connectivity index is 0. The minimum Gasteiger partial charge on any atom is -2.00 e. The maximum absolute atomic E-state index is 0. The van der Waals surface area contributed by atoms with E-state index in [2.05, 4.69) is 0 Å². The maximum atomic E-state index is 0. The maximum Gasteiger partial charge on any atom is 3.00 e. The third kappa shape index (κ3) is 517. The summed E-state index contributed by atoms with van der Waals surface area (Å²) in [5.41, 5.74) is 0. The molecule has 0 aliphatic heterocycles. The van der Waals surface area contributed by atoms with Crippen LogP contribution in [0.15, 0.2) is 0 Å². The molecule has 0 amide bonds. The van der Waals surface area contributed by atoms with E-state index in [1.165, 1.54) is 0 Å². The van der Waals surface area contributed by atoms with Gasteiger partial charge in [-0.2, -0.15) is 0 Å². The van der Waals surface area contributed by atoms with Gasteiger partial charge in [0.1, 0.15) is 0 Å². The topological polar surface area (TPSA) is 342 Å². The van der Waals surface area contributed by atoms with E-state index in [4.69, 9.17) is 0 Å². The Morgan fingerprint density at radius 3 is 0.150 bits per heavy atom. The van der Waals surface area contributed by atoms with Crippen LogP contribution in [0.2, 0.25) is 0 Å². The van der Waals surface area contributed by atoms with E-state index in [9.17, 15) is 0 Å². The molecule has 0 aromatic carbocycles. The molecule has 0 aromatic rings. The van der Waals surface area contributed by atoms with E-state index in [1.54, 1.807) is 0 Å². The number of hydrogen-bond acceptors (Lipinski definition) is 0. The molecule has 0 rings (SSSR count). The van der Waals surface area contributed by atoms with Crippen LogP contribution in [0.1, 0.15) is 0 Å².